The third-order valence-corrected chi connectivity index (χ3v) is 3.92. The maximum atomic E-state index is 12.0. The summed E-state index contributed by atoms with van der Waals surface area (Å²) >= 11 is 0. The summed E-state index contributed by atoms with van der Waals surface area (Å²) in [6.45, 7) is 0. The van der Waals surface area contributed by atoms with Crippen molar-refractivity contribution in [3.8, 4) is 0 Å². The van der Waals surface area contributed by atoms with Gasteiger partial charge in [-0.05, 0) is 11.1 Å². The van der Waals surface area contributed by atoms with Crippen LogP contribution in [0.15, 0.2) is 60.7 Å². The first-order chi connectivity index (χ1) is 9.67. The van der Waals surface area contributed by atoms with E-state index in [9.17, 15) is 9.90 Å². The van der Waals surface area contributed by atoms with Crippen molar-refractivity contribution in [2.24, 2.45) is 0 Å². The number of amides is 2. The number of aliphatic hydroxyl groups excluding tert-OH is 1. The van der Waals surface area contributed by atoms with E-state index < -0.39 is 11.8 Å². The molecule has 1 unspecified atom stereocenters. The Balaban J connectivity index is 2.27. The Morgan fingerprint density at radius 3 is 1.80 bits per heavy atom. The average molecular weight is 268 g/mol. The van der Waals surface area contributed by atoms with Crippen molar-refractivity contribution in [2.45, 2.75) is 11.8 Å². The van der Waals surface area contributed by atoms with Gasteiger partial charge in [0.25, 0.3) is 0 Å². The molecule has 0 aliphatic carbocycles. The molecule has 0 aromatic heterocycles. The van der Waals surface area contributed by atoms with E-state index >= 15 is 0 Å². The SMILES string of the molecule is CN1C(=O)NC(O)C1(c1ccccc1)c1ccccc1. The smallest absolute Gasteiger partial charge is 0.320 e. The fourth-order valence-corrected chi connectivity index (χ4v) is 2.92. The van der Waals surface area contributed by atoms with E-state index in [1.54, 1.807) is 11.9 Å². The van der Waals surface area contributed by atoms with Crippen LogP contribution < -0.4 is 5.32 Å². The fourth-order valence-electron chi connectivity index (χ4n) is 2.92. The summed E-state index contributed by atoms with van der Waals surface area (Å²) in [4.78, 5) is 13.6. The molecule has 1 fully saturated rings. The molecule has 1 aliphatic rings. The molecule has 1 aliphatic heterocycles. The van der Waals surface area contributed by atoms with Crippen molar-refractivity contribution in [3.05, 3.63) is 71.8 Å². The molecule has 2 aromatic rings. The zero-order valence-electron chi connectivity index (χ0n) is 11.2. The fraction of sp³-hybridized carbons (Fsp3) is 0.188. The van der Waals surface area contributed by atoms with Gasteiger partial charge < -0.3 is 15.3 Å². The van der Waals surface area contributed by atoms with E-state index in [1.165, 1.54) is 0 Å². The number of nitrogens with zero attached hydrogens (tertiary/aromatic N) is 1. The van der Waals surface area contributed by atoms with E-state index in [4.69, 9.17) is 0 Å². The van der Waals surface area contributed by atoms with Crippen LogP contribution in [0, 0.1) is 0 Å². The van der Waals surface area contributed by atoms with Crippen molar-refractivity contribution in [1.29, 1.82) is 0 Å². The summed E-state index contributed by atoms with van der Waals surface area (Å²) in [6.07, 6.45) is -0.996. The van der Waals surface area contributed by atoms with Gasteiger partial charge in [-0.1, -0.05) is 60.7 Å². The number of carbonyl (C=O) groups is 1. The Morgan fingerprint density at radius 1 is 1.00 bits per heavy atom. The van der Waals surface area contributed by atoms with Gasteiger partial charge in [-0.15, -0.1) is 0 Å². The van der Waals surface area contributed by atoms with Crippen molar-refractivity contribution in [3.63, 3.8) is 0 Å². The monoisotopic (exact) mass is 268 g/mol. The molecule has 1 atom stereocenters. The first kappa shape index (κ1) is 12.7. The summed E-state index contributed by atoms with van der Waals surface area (Å²) in [6, 6.07) is 18.9. The van der Waals surface area contributed by atoms with Gasteiger partial charge in [0.05, 0.1) is 0 Å². The highest BCUT2D eigenvalue weighted by molar-refractivity contribution is 5.80. The van der Waals surface area contributed by atoms with Crippen molar-refractivity contribution in [1.82, 2.24) is 10.2 Å². The van der Waals surface area contributed by atoms with Gasteiger partial charge in [0.15, 0.2) is 6.23 Å². The van der Waals surface area contributed by atoms with Crippen molar-refractivity contribution < 1.29 is 9.90 Å². The lowest BCUT2D eigenvalue weighted by Gasteiger charge is -2.38. The van der Waals surface area contributed by atoms with Crippen LogP contribution in [-0.2, 0) is 5.54 Å². The molecule has 1 heterocycles. The number of nitrogens with one attached hydrogen (secondary N) is 1. The lowest BCUT2D eigenvalue weighted by Crippen LogP contribution is -2.48. The lowest BCUT2D eigenvalue weighted by molar-refractivity contribution is 0.0611. The van der Waals surface area contributed by atoms with Gasteiger partial charge in [0.1, 0.15) is 5.54 Å². The Hall–Kier alpha value is -2.33. The quantitative estimate of drug-likeness (QED) is 0.874. The third kappa shape index (κ3) is 1.62. The Morgan fingerprint density at radius 2 is 1.45 bits per heavy atom. The van der Waals surface area contributed by atoms with E-state index in [1.807, 2.05) is 60.7 Å². The maximum absolute atomic E-state index is 12.0. The van der Waals surface area contributed by atoms with Gasteiger partial charge in [0, 0.05) is 7.05 Å². The number of urea groups is 1. The van der Waals surface area contributed by atoms with Gasteiger partial charge in [-0.2, -0.15) is 0 Å². The number of likely N-dealkylation sites (N-methyl/N-ethyl adjacent to an activating group) is 1. The van der Waals surface area contributed by atoms with Crippen LogP contribution in [-0.4, -0.2) is 29.3 Å². The van der Waals surface area contributed by atoms with Crippen molar-refractivity contribution >= 4 is 6.03 Å². The maximum Gasteiger partial charge on any atom is 0.320 e. The molecule has 0 spiro atoms. The molecule has 2 N–H and O–H groups in total. The molecule has 1 saturated heterocycles. The topological polar surface area (TPSA) is 52.6 Å². The number of aliphatic hydroxyl groups is 1. The second-order valence-corrected chi connectivity index (χ2v) is 4.91. The molecule has 0 saturated carbocycles. The highest BCUT2D eigenvalue weighted by atomic mass is 16.3. The number of hydrogen-bond acceptors (Lipinski definition) is 2. The minimum atomic E-state index is -0.996. The van der Waals surface area contributed by atoms with Gasteiger partial charge in [0.2, 0.25) is 0 Å². The second kappa shape index (κ2) is 4.65. The molecule has 4 heteroatoms. The zero-order chi connectivity index (χ0) is 14.2. The first-order valence-corrected chi connectivity index (χ1v) is 6.51. The summed E-state index contributed by atoms with van der Waals surface area (Å²) in [5, 5.41) is 13.1. The van der Waals surface area contributed by atoms with E-state index in [0.717, 1.165) is 11.1 Å². The standard InChI is InChI=1S/C16H16N2O2/c1-18-15(20)17-14(19)16(18,12-8-4-2-5-9-12)13-10-6-3-7-11-13/h2-11,14,19H,1H3,(H,17,20). The molecule has 2 aromatic carbocycles. The number of rotatable bonds is 2. The number of carbonyl (C=O) groups excluding carboxylic acids is 1. The first-order valence-electron chi connectivity index (χ1n) is 6.51. The van der Waals surface area contributed by atoms with Gasteiger partial charge >= 0.3 is 6.03 Å². The Bertz CT molecular complexity index is 573. The predicted molar refractivity (Wildman–Crippen MR) is 76.0 cm³/mol. The third-order valence-electron chi connectivity index (χ3n) is 3.92. The summed E-state index contributed by atoms with van der Waals surface area (Å²) in [5.41, 5.74) is 0.846. The van der Waals surface area contributed by atoms with Crippen molar-refractivity contribution in [2.75, 3.05) is 7.05 Å². The van der Waals surface area contributed by atoms with Gasteiger partial charge in [-0.3, -0.25) is 0 Å². The number of benzene rings is 2. The van der Waals surface area contributed by atoms with Gasteiger partial charge in [-0.25, -0.2) is 4.79 Å². The largest absolute Gasteiger partial charge is 0.370 e. The van der Waals surface area contributed by atoms with Crippen LogP contribution >= 0.6 is 0 Å². The van der Waals surface area contributed by atoms with E-state index in [2.05, 4.69) is 5.32 Å². The molecule has 2 amide bonds. The van der Waals surface area contributed by atoms with Crippen LogP contribution in [0.4, 0.5) is 4.79 Å². The summed E-state index contributed by atoms with van der Waals surface area (Å²) in [5.74, 6) is 0. The molecule has 20 heavy (non-hydrogen) atoms. The minimum Gasteiger partial charge on any atom is -0.370 e. The molecule has 102 valence electrons. The van der Waals surface area contributed by atoms with Crippen LogP contribution in [0.2, 0.25) is 0 Å². The van der Waals surface area contributed by atoms with Crippen LogP contribution in [0.25, 0.3) is 0 Å². The number of hydrogen-bond donors (Lipinski definition) is 2. The predicted octanol–water partition coefficient (Wildman–Crippen LogP) is 1.90. The molecule has 0 bridgehead atoms. The Labute approximate surface area is 117 Å². The average Bonchev–Trinajstić information content (AvgIpc) is 2.72. The highest BCUT2D eigenvalue weighted by Crippen LogP contribution is 2.40. The molecule has 4 nitrogen and oxygen atoms in total. The second-order valence-electron chi connectivity index (χ2n) is 4.91. The highest BCUT2D eigenvalue weighted by Gasteiger charge is 2.53. The normalized spacial score (nSPS) is 20.8. The molecular weight excluding hydrogens is 252 g/mol. The zero-order valence-corrected chi connectivity index (χ0v) is 11.2. The van der Waals surface area contributed by atoms with Crippen LogP contribution in [0.5, 0.6) is 0 Å². The molecular formula is C16H16N2O2. The van der Waals surface area contributed by atoms with Crippen LogP contribution in [0.3, 0.4) is 0 Å². The molecule has 3 rings (SSSR count). The van der Waals surface area contributed by atoms with Crippen LogP contribution in [0.1, 0.15) is 11.1 Å². The van der Waals surface area contributed by atoms with E-state index in [0.29, 0.717) is 0 Å². The van der Waals surface area contributed by atoms with E-state index in [-0.39, 0.29) is 6.03 Å². The summed E-state index contributed by atoms with van der Waals surface area (Å²) in [7, 11) is 1.70. The lowest BCUT2D eigenvalue weighted by atomic mass is 9.81. The minimum absolute atomic E-state index is 0.287. The Kier molecular flexibility index (Phi) is 2.95. The summed E-state index contributed by atoms with van der Waals surface area (Å²) < 4.78 is 0. The molecule has 0 radical (unpaired) electrons.